The number of benzene rings is 1. The van der Waals surface area contributed by atoms with Crippen molar-refractivity contribution in [1.82, 2.24) is 9.78 Å². The second kappa shape index (κ2) is 6.43. The molecular weight excluding hydrogens is 254 g/mol. The van der Waals surface area contributed by atoms with Crippen LogP contribution < -0.4 is 15.2 Å². The fourth-order valence-electron chi connectivity index (χ4n) is 2.21. The first-order chi connectivity index (χ1) is 9.63. The molecule has 108 valence electrons. The van der Waals surface area contributed by atoms with Crippen molar-refractivity contribution in [2.75, 3.05) is 14.2 Å². The van der Waals surface area contributed by atoms with Crippen LogP contribution in [-0.2, 0) is 13.5 Å². The first kappa shape index (κ1) is 14.4. The third kappa shape index (κ3) is 3.30. The largest absolute Gasteiger partial charge is 0.497 e. The molecule has 0 saturated heterocycles. The van der Waals surface area contributed by atoms with E-state index >= 15 is 0 Å². The van der Waals surface area contributed by atoms with E-state index in [1.165, 1.54) is 5.56 Å². The van der Waals surface area contributed by atoms with Gasteiger partial charge in [-0.2, -0.15) is 5.10 Å². The molecule has 0 bridgehead atoms. The molecule has 0 aliphatic rings. The summed E-state index contributed by atoms with van der Waals surface area (Å²) in [6.07, 6.45) is 5.59. The van der Waals surface area contributed by atoms with E-state index in [9.17, 15) is 0 Å². The van der Waals surface area contributed by atoms with Crippen LogP contribution in [0.15, 0.2) is 30.6 Å². The summed E-state index contributed by atoms with van der Waals surface area (Å²) in [7, 11) is 5.21. The zero-order chi connectivity index (χ0) is 14.5. The predicted molar refractivity (Wildman–Crippen MR) is 78.0 cm³/mol. The van der Waals surface area contributed by atoms with Crippen molar-refractivity contribution in [2.24, 2.45) is 12.8 Å². The smallest absolute Gasteiger partial charge is 0.123 e. The van der Waals surface area contributed by atoms with Gasteiger partial charge in [0.1, 0.15) is 11.5 Å². The van der Waals surface area contributed by atoms with Crippen molar-refractivity contribution in [1.29, 1.82) is 0 Å². The number of ether oxygens (including phenoxy) is 2. The van der Waals surface area contributed by atoms with Crippen LogP contribution >= 0.6 is 0 Å². The summed E-state index contributed by atoms with van der Waals surface area (Å²) in [5.74, 6) is 1.59. The molecule has 1 aromatic heterocycles. The fraction of sp³-hybridized carbons (Fsp3) is 0.400. The Labute approximate surface area is 119 Å². The Morgan fingerprint density at radius 2 is 2.10 bits per heavy atom. The number of aryl methyl sites for hydroxylation is 2. The first-order valence-corrected chi connectivity index (χ1v) is 6.59. The van der Waals surface area contributed by atoms with Gasteiger partial charge < -0.3 is 15.2 Å². The molecule has 0 aliphatic carbocycles. The number of rotatable bonds is 6. The third-order valence-corrected chi connectivity index (χ3v) is 3.34. The molecule has 0 amide bonds. The quantitative estimate of drug-likeness (QED) is 0.876. The number of nitrogens with zero attached hydrogens (tertiary/aromatic N) is 2. The van der Waals surface area contributed by atoms with Gasteiger partial charge in [-0.05, 0) is 36.6 Å². The SMILES string of the molecule is COc1ccc(OC)c(C(N)CCc2cnn(C)c2)c1. The number of aromatic nitrogens is 2. The Hall–Kier alpha value is -2.01. The van der Waals surface area contributed by atoms with Crippen molar-refractivity contribution < 1.29 is 9.47 Å². The van der Waals surface area contributed by atoms with Crippen LogP contribution in [0.5, 0.6) is 11.5 Å². The van der Waals surface area contributed by atoms with Gasteiger partial charge in [0.2, 0.25) is 0 Å². The molecule has 1 heterocycles. The topological polar surface area (TPSA) is 62.3 Å². The molecule has 2 rings (SSSR count). The highest BCUT2D eigenvalue weighted by atomic mass is 16.5. The molecule has 0 fully saturated rings. The molecule has 0 saturated carbocycles. The van der Waals surface area contributed by atoms with E-state index < -0.39 is 0 Å². The first-order valence-electron chi connectivity index (χ1n) is 6.59. The number of hydrogen-bond acceptors (Lipinski definition) is 4. The minimum Gasteiger partial charge on any atom is -0.497 e. The molecule has 5 heteroatoms. The summed E-state index contributed by atoms with van der Waals surface area (Å²) in [5, 5.41) is 4.16. The van der Waals surface area contributed by atoms with Gasteiger partial charge in [-0.15, -0.1) is 0 Å². The van der Waals surface area contributed by atoms with Crippen molar-refractivity contribution in [3.05, 3.63) is 41.7 Å². The summed E-state index contributed by atoms with van der Waals surface area (Å²) in [5.41, 5.74) is 8.44. The number of hydrogen-bond donors (Lipinski definition) is 1. The molecule has 0 radical (unpaired) electrons. The summed E-state index contributed by atoms with van der Waals surface area (Å²) in [6.45, 7) is 0. The van der Waals surface area contributed by atoms with Gasteiger partial charge in [-0.1, -0.05) is 0 Å². The fourth-order valence-corrected chi connectivity index (χ4v) is 2.21. The van der Waals surface area contributed by atoms with Crippen molar-refractivity contribution >= 4 is 0 Å². The Morgan fingerprint density at radius 3 is 2.70 bits per heavy atom. The predicted octanol–water partition coefficient (Wildman–Crippen LogP) is 2.07. The van der Waals surface area contributed by atoms with E-state index in [1.807, 2.05) is 37.6 Å². The summed E-state index contributed by atoms with van der Waals surface area (Å²) >= 11 is 0. The van der Waals surface area contributed by atoms with E-state index in [4.69, 9.17) is 15.2 Å². The van der Waals surface area contributed by atoms with E-state index in [-0.39, 0.29) is 6.04 Å². The molecule has 1 atom stereocenters. The molecular formula is C15H21N3O2. The minimum atomic E-state index is -0.0970. The van der Waals surface area contributed by atoms with Gasteiger partial charge in [-0.3, -0.25) is 4.68 Å². The highest BCUT2D eigenvalue weighted by molar-refractivity contribution is 5.42. The number of methoxy groups -OCH3 is 2. The van der Waals surface area contributed by atoms with Crippen LogP contribution in [0.1, 0.15) is 23.6 Å². The van der Waals surface area contributed by atoms with E-state index in [2.05, 4.69) is 5.10 Å². The second-order valence-corrected chi connectivity index (χ2v) is 4.78. The van der Waals surface area contributed by atoms with Crippen LogP contribution in [0.25, 0.3) is 0 Å². The van der Waals surface area contributed by atoms with Crippen molar-refractivity contribution in [3.8, 4) is 11.5 Å². The van der Waals surface area contributed by atoms with Gasteiger partial charge in [0, 0.05) is 24.8 Å². The van der Waals surface area contributed by atoms with Crippen molar-refractivity contribution in [2.45, 2.75) is 18.9 Å². The molecule has 2 N–H and O–H groups in total. The lowest BCUT2D eigenvalue weighted by Crippen LogP contribution is -2.12. The zero-order valence-electron chi connectivity index (χ0n) is 12.2. The zero-order valence-corrected chi connectivity index (χ0v) is 12.2. The molecule has 0 spiro atoms. The standard InChI is InChI=1S/C15H21N3O2/c1-18-10-11(9-17-18)4-6-14(16)13-8-12(19-2)5-7-15(13)20-3/h5,7-10,14H,4,6,16H2,1-3H3. The molecule has 20 heavy (non-hydrogen) atoms. The third-order valence-electron chi connectivity index (χ3n) is 3.34. The summed E-state index contributed by atoms with van der Waals surface area (Å²) < 4.78 is 12.4. The van der Waals surface area contributed by atoms with Crippen LogP contribution in [-0.4, -0.2) is 24.0 Å². The van der Waals surface area contributed by atoms with Gasteiger partial charge in [-0.25, -0.2) is 0 Å². The lowest BCUT2D eigenvalue weighted by atomic mass is 10.00. The van der Waals surface area contributed by atoms with E-state index in [1.54, 1.807) is 18.9 Å². The normalized spacial score (nSPS) is 12.2. The highest BCUT2D eigenvalue weighted by Gasteiger charge is 2.13. The lowest BCUT2D eigenvalue weighted by molar-refractivity contribution is 0.394. The molecule has 1 aromatic carbocycles. The number of nitrogens with two attached hydrogens (primary N) is 1. The average Bonchev–Trinajstić information content (AvgIpc) is 2.89. The summed E-state index contributed by atoms with van der Waals surface area (Å²) in [6, 6.07) is 5.60. The van der Waals surface area contributed by atoms with Gasteiger partial charge in [0.15, 0.2) is 0 Å². The van der Waals surface area contributed by atoms with Gasteiger partial charge in [0.05, 0.1) is 20.4 Å². The maximum absolute atomic E-state index is 6.29. The lowest BCUT2D eigenvalue weighted by Gasteiger charge is -2.16. The van der Waals surface area contributed by atoms with Gasteiger partial charge >= 0.3 is 0 Å². The van der Waals surface area contributed by atoms with Crippen LogP contribution in [0, 0.1) is 0 Å². The van der Waals surface area contributed by atoms with E-state index in [0.717, 1.165) is 29.9 Å². The Morgan fingerprint density at radius 1 is 1.30 bits per heavy atom. The van der Waals surface area contributed by atoms with Crippen LogP contribution in [0.4, 0.5) is 0 Å². The second-order valence-electron chi connectivity index (χ2n) is 4.78. The maximum Gasteiger partial charge on any atom is 0.123 e. The Balaban J connectivity index is 2.09. The molecule has 2 aromatic rings. The Kier molecular flexibility index (Phi) is 4.63. The van der Waals surface area contributed by atoms with Gasteiger partial charge in [0.25, 0.3) is 0 Å². The highest BCUT2D eigenvalue weighted by Crippen LogP contribution is 2.30. The monoisotopic (exact) mass is 275 g/mol. The van der Waals surface area contributed by atoms with Crippen LogP contribution in [0.2, 0.25) is 0 Å². The maximum atomic E-state index is 6.29. The Bertz CT molecular complexity index is 566. The molecule has 0 aliphatic heterocycles. The summed E-state index contributed by atoms with van der Waals surface area (Å²) in [4.78, 5) is 0. The van der Waals surface area contributed by atoms with E-state index in [0.29, 0.717) is 0 Å². The average molecular weight is 275 g/mol. The van der Waals surface area contributed by atoms with Crippen molar-refractivity contribution in [3.63, 3.8) is 0 Å². The molecule has 1 unspecified atom stereocenters. The minimum absolute atomic E-state index is 0.0970. The molecule has 5 nitrogen and oxygen atoms in total. The van der Waals surface area contributed by atoms with Crippen LogP contribution in [0.3, 0.4) is 0 Å².